The molecule has 0 aromatic heterocycles. The van der Waals surface area contributed by atoms with Gasteiger partial charge in [0.05, 0.1) is 12.1 Å². The molecule has 1 heterocycles. The molecular formula is C19H26N2O4. The molecular weight excluding hydrogens is 320 g/mol. The molecule has 6 nitrogen and oxygen atoms in total. The van der Waals surface area contributed by atoms with E-state index in [2.05, 4.69) is 5.32 Å². The molecule has 3 unspecified atom stereocenters. The number of aliphatic hydroxyl groups excluding tert-OH is 1. The molecule has 2 aliphatic rings. The molecule has 1 aromatic rings. The first kappa shape index (κ1) is 17.7. The lowest BCUT2D eigenvalue weighted by Gasteiger charge is -2.29. The van der Waals surface area contributed by atoms with Gasteiger partial charge in [-0.05, 0) is 44.7 Å². The van der Waals surface area contributed by atoms with Gasteiger partial charge in [0.1, 0.15) is 11.6 Å². The molecule has 3 rings (SSSR count). The van der Waals surface area contributed by atoms with Crippen LogP contribution < -0.4 is 5.32 Å². The van der Waals surface area contributed by atoms with Crippen LogP contribution in [0.2, 0.25) is 0 Å². The Bertz CT molecular complexity index is 668. The molecule has 2 amide bonds. The van der Waals surface area contributed by atoms with Crippen LogP contribution in [0.15, 0.2) is 24.3 Å². The van der Waals surface area contributed by atoms with Gasteiger partial charge in [0.25, 0.3) is 0 Å². The minimum atomic E-state index is -0.641. The molecule has 1 fully saturated rings. The average Bonchev–Trinajstić information content (AvgIpc) is 3.11. The highest BCUT2D eigenvalue weighted by Gasteiger charge is 2.39. The standard InChI is InChI=1S/C19H26N2O4/c1-19(2,3)25-18(24)21-10-6-9-14(21)17(23)20-16-13-8-5-4-7-12(13)11-15(16)22/h4-5,7-8,14-16,22H,6,9-11H2,1-3H3,(H,20,23). The number of hydrogen-bond acceptors (Lipinski definition) is 4. The van der Waals surface area contributed by atoms with E-state index in [0.717, 1.165) is 17.5 Å². The summed E-state index contributed by atoms with van der Waals surface area (Å²) in [6.07, 6.45) is 0.799. The van der Waals surface area contributed by atoms with E-state index in [1.807, 2.05) is 45.0 Å². The Labute approximate surface area is 148 Å². The third-order valence-electron chi connectivity index (χ3n) is 4.69. The Kier molecular flexibility index (Phi) is 4.73. The van der Waals surface area contributed by atoms with E-state index >= 15 is 0 Å². The van der Waals surface area contributed by atoms with E-state index in [1.54, 1.807) is 0 Å². The van der Waals surface area contributed by atoms with Crippen molar-refractivity contribution in [3.8, 4) is 0 Å². The predicted molar refractivity (Wildman–Crippen MR) is 93.0 cm³/mol. The molecule has 1 aromatic carbocycles. The van der Waals surface area contributed by atoms with Crippen LogP contribution in [0.1, 0.15) is 50.8 Å². The Morgan fingerprint density at radius 2 is 2.00 bits per heavy atom. The Hall–Kier alpha value is -2.08. The van der Waals surface area contributed by atoms with Crippen LogP contribution >= 0.6 is 0 Å². The van der Waals surface area contributed by atoms with Gasteiger partial charge < -0.3 is 15.2 Å². The lowest BCUT2D eigenvalue weighted by atomic mass is 10.1. The number of ether oxygens (including phenoxy) is 1. The minimum absolute atomic E-state index is 0.232. The number of rotatable bonds is 2. The van der Waals surface area contributed by atoms with Gasteiger partial charge in [-0.15, -0.1) is 0 Å². The van der Waals surface area contributed by atoms with Crippen molar-refractivity contribution in [3.63, 3.8) is 0 Å². The largest absolute Gasteiger partial charge is 0.444 e. The number of nitrogens with one attached hydrogen (secondary N) is 1. The molecule has 1 aliphatic carbocycles. The quantitative estimate of drug-likeness (QED) is 0.860. The van der Waals surface area contributed by atoms with Gasteiger partial charge in [-0.3, -0.25) is 9.69 Å². The molecule has 1 saturated heterocycles. The maximum absolute atomic E-state index is 12.8. The van der Waals surface area contributed by atoms with Gasteiger partial charge in [0, 0.05) is 13.0 Å². The summed E-state index contributed by atoms with van der Waals surface area (Å²) >= 11 is 0. The minimum Gasteiger partial charge on any atom is -0.444 e. The first-order valence-electron chi connectivity index (χ1n) is 8.82. The van der Waals surface area contributed by atoms with Crippen LogP contribution in [-0.4, -0.2) is 46.3 Å². The van der Waals surface area contributed by atoms with Gasteiger partial charge in [-0.2, -0.15) is 0 Å². The van der Waals surface area contributed by atoms with Crippen molar-refractivity contribution >= 4 is 12.0 Å². The van der Waals surface area contributed by atoms with Gasteiger partial charge in [0.15, 0.2) is 0 Å². The summed E-state index contributed by atoms with van der Waals surface area (Å²) in [4.78, 5) is 26.6. The highest BCUT2D eigenvalue weighted by atomic mass is 16.6. The van der Waals surface area contributed by atoms with Crippen molar-refractivity contribution in [2.24, 2.45) is 0 Å². The SMILES string of the molecule is CC(C)(C)OC(=O)N1CCCC1C(=O)NC1c2ccccc2CC1O. The van der Waals surface area contributed by atoms with Crippen molar-refractivity contribution in [3.05, 3.63) is 35.4 Å². The fraction of sp³-hybridized carbons (Fsp3) is 0.579. The lowest BCUT2D eigenvalue weighted by molar-refractivity contribution is -0.127. The van der Waals surface area contributed by atoms with E-state index in [1.165, 1.54) is 4.90 Å². The molecule has 1 aliphatic heterocycles. The van der Waals surface area contributed by atoms with Gasteiger partial charge >= 0.3 is 6.09 Å². The zero-order valence-electron chi connectivity index (χ0n) is 15.0. The summed E-state index contributed by atoms with van der Waals surface area (Å²) < 4.78 is 5.41. The Morgan fingerprint density at radius 3 is 2.72 bits per heavy atom. The van der Waals surface area contributed by atoms with Crippen LogP contribution in [0.4, 0.5) is 4.79 Å². The average molecular weight is 346 g/mol. The van der Waals surface area contributed by atoms with E-state index in [0.29, 0.717) is 19.4 Å². The van der Waals surface area contributed by atoms with Gasteiger partial charge in [-0.25, -0.2) is 4.79 Å². The van der Waals surface area contributed by atoms with Crippen molar-refractivity contribution in [2.45, 2.75) is 63.8 Å². The fourth-order valence-electron chi connectivity index (χ4n) is 3.58. The summed E-state index contributed by atoms with van der Waals surface area (Å²) in [7, 11) is 0. The number of carbonyl (C=O) groups excluding carboxylic acids is 2. The second kappa shape index (κ2) is 6.67. The number of carbonyl (C=O) groups is 2. The number of amides is 2. The van der Waals surface area contributed by atoms with Crippen LogP contribution in [0.3, 0.4) is 0 Å². The van der Waals surface area contributed by atoms with Gasteiger partial charge in [0.2, 0.25) is 5.91 Å². The molecule has 3 atom stereocenters. The van der Waals surface area contributed by atoms with Crippen LogP contribution in [0.5, 0.6) is 0 Å². The van der Waals surface area contributed by atoms with Crippen LogP contribution in [0, 0.1) is 0 Å². The van der Waals surface area contributed by atoms with Crippen molar-refractivity contribution < 1.29 is 19.4 Å². The maximum atomic E-state index is 12.8. The second-order valence-electron chi connectivity index (χ2n) is 7.79. The maximum Gasteiger partial charge on any atom is 0.410 e. The third-order valence-corrected chi connectivity index (χ3v) is 4.69. The zero-order chi connectivity index (χ0) is 18.2. The summed E-state index contributed by atoms with van der Waals surface area (Å²) in [5.41, 5.74) is 1.40. The van der Waals surface area contributed by atoms with E-state index < -0.39 is 29.9 Å². The molecule has 0 bridgehead atoms. The Morgan fingerprint density at radius 1 is 1.28 bits per heavy atom. The number of hydrogen-bond donors (Lipinski definition) is 2. The fourth-order valence-corrected chi connectivity index (χ4v) is 3.58. The Balaban J connectivity index is 1.69. The molecule has 25 heavy (non-hydrogen) atoms. The number of likely N-dealkylation sites (tertiary alicyclic amines) is 1. The molecule has 0 spiro atoms. The first-order valence-corrected chi connectivity index (χ1v) is 8.82. The number of fused-ring (bicyclic) bond motifs is 1. The van der Waals surface area contributed by atoms with Crippen molar-refractivity contribution in [2.75, 3.05) is 6.54 Å². The highest BCUT2D eigenvalue weighted by Crippen LogP contribution is 2.32. The summed E-state index contributed by atoms with van der Waals surface area (Å²) in [6.45, 7) is 5.93. The van der Waals surface area contributed by atoms with E-state index in [9.17, 15) is 14.7 Å². The zero-order valence-corrected chi connectivity index (χ0v) is 15.0. The number of aliphatic hydroxyl groups is 1. The highest BCUT2D eigenvalue weighted by molar-refractivity contribution is 5.86. The summed E-state index contributed by atoms with van der Waals surface area (Å²) in [5.74, 6) is -0.232. The number of nitrogens with zero attached hydrogens (tertiary/aromatic N) is 1. The lowest BCUT2D eigenvalue weighted by Crippen LogP contribution is -2.49. The van der Waals surface area contributed by atoms with Crippen molar-refractivity contribution in [1.29, 1.82) is 0 Å². The predicted octanol–water partition coefficient (Wildman–Crippen LogP) is 2.16. The molecule has 2 N–H and O–H groups in total. The van der Waals surface area contributed by atoms with Crippen LogP contribution in [-0.2, 0) is 16.0 Å². The second-order valence-corrected chi connectivity index (χ2v) is 7.79. The molecule has 0 radical (unpaired) electrons. The normalized spacial score (nSPS) is 25.6. The molecule has 136 valence electrons. The number of benzene rings is 1. The van der Waals surface area contributed by atoms with Crippen molar-refractivity contribution in [1.82, 2.24) is 10.2 Å². The molecule has 0 saturated carbocycles. The van der Waals surface area contributed by atoms with E-state index in [4.69, 9.17) is 4.74 Å². The van der Waals surface area contributed by atoms with Crippen LogP contribution in [0.25, 0.3) is 0 Å². The summed E-state index contributed by atoms with van der Waals surface area (Å²) in [6, 6.07) is 6.75. The summed E-state index contributed by atoms with van der Waals surface area (Å²) in [5, 5.41) is 13.2. The topological polar surface area (TPSA) is 78.9 Å². The smallest absolute Gasteiger partial charge is 0.410 e. The third kappa shape index (κ3) is 3.79. The molecule has 6 heteroatoms. The first-order chi connectivity index (χ1) is 11.8. The monoisotopic (exact) mass is 346 g/mol. The van der Waals surface area contributed by atoms with Gasteiger partial charge in [-0.1, -0.05) is 24.3 Å². The van der Waals surface area contributed by atoms with E-state index in [-0.39, 0.29) is 5.91 Å².